The number of carbonyl (C=O) groups is 1. The Morgan fingerprint density at radius 2 is 2.33 bits per heavy atom. The van der Waals surface area contributed by atoms with E-state index in [1.807, 2.05) is 6.92 Å². The number of amides is 1. The van der Waals surface area contributed by atoms with Crippen molar-refractivity contribution in [1.82, 2.24) is 10.9 Å². The Bertz CT molecular complexity index is 174. The number of hydrazine groups is 1. The highest BCUT2D eigenvalue weighted by Gasteiger charge is 2.07. The molecule has 0 heterocycles. The fourth-order valence-electron chi connectivity index (χ4n) is 0.786. The summed E-state index contributed by atoms with van der Waals surface area (Å²) in [4.78, 5) is 13.8. The largest absolute Gasteiger partial charge is 0.314 e. The molecule has 0 saturated carbocycles. The fraction of sp³-hybridized carbons (Fsp3) is 0.750. The molecule has 68 valence electrons. The molecule has 4 nitrogen and oxygen atoms in total. The van der Waals surface area contributed by atoms with Crippen molar-refractivity contribution in [2.75, 3.05) is 6.54 Å². The first kappa shape index (κ1) is 10.9. The number of hydrogen-bond acceptors (Lipinski definition) is 2. The molecule has 0 radical (unpaired) electrons. The predicted molar refractivity (Wildman–Crippen MR) is 47.1 cm³/mol. The quantitative estimate of drug-likeness (QED) is 0.362. The minimum Gasteiger partial charge on any atom is -0.314 e. The maximum absolute atomic E-state index is 10.4. The molecule has 1 atom stereocenters. The highest BCUT2D eigenvalue weighted by Crippen LogP contribution is 2.00. The standard InChI is InChI=1S/C8H15N3O/c1-4-8(9-3)5-6-10-11-7(2)12/h8,10H,4-6H2,1-2H3,(H,11,12). The number of nitrogens with zero attached hydrogens (tertiary/aromatic N) is 1. The van der Waals surface area contributed by atoms with Crippen LogP contribution in [-0.4, -0.2) is 18.5 Å². The van der Waals surface area contributed by atoms with Gasteiger partial charge in [0.05, 0.1) is 0 Å². The van der Waals surface area contributed by atoms with E-state index in [9.17, 15) is 4.79 Å². The van der Waals surface area contributed by atoms with Gasteiger partial charge in [0.15, 0.2) is 0 Å². The molecule has 0 bridgehead atoms. The van der Waals surface area contributed by atoms with E-state index in [0.29, 0.717) is 6.54 Å². The second-order valence-corrected chi connectivity index (χ2v) is 2.59. The van der Waals surface area contributed by atoms with Crippen LogP contribution in [0, 0.1) is 6.57 Å². The first-order chi connectivity index (χ1) is 5.70. The van der Waals surface area contributed by atoms with Crippen LogP contribution in [0.1, 0.15) is 26.7 Å². The molecule has 1 unspecified atom stereocenters. The van der Waals surface area contributed by atoms with Crippen molar-refractivity contribution in [2.45, 2.75) is 32.7 Å². The minimum atomic E-state index is -0.106. The van der Waals surface area contributed by atoms with Crippen LogP contribution in [0.5, 0.6) is 0 Å². The molecule has 0 aromatic rings. The van der Waals surface area contributed by atoms with Crippen molar-refractivity contribution in [1.29, 1.82) is 0 Å². The van der Waals surface area contributed by atoms with Crippen molar-refractivity contribution in [2.24, 2.45) is 0 Å². The van der Waals surface area contributed by atoms with E-state index in [1.54, 1.807) is 0 Å². The average Bonchev–Trinajstić information content (AvgIpc) is 2.04. The Kier molecular flexibility index (Phi) is 6.02. The first-order valence-electron chi connectivity index (χ1n) is 4.06. The summed E-state index contributed by atoms with van der Waals surface area (Å²) in [5.74, 6) is -0.106. The highest BCUT2D eigenvalue weighted by molar-refractivity contribution is 5.72. The van der Waals surface area contributed by atoms with Gasteiger partial charge in [0.1, 0.15) is 0 Å². The Hall–Kier alpha value is -1.08. The molecule has 0 aliphatic rings. The second-order valence-electron chi connectivity index (χ2n) is 2.59. The summed E-state index contributed by atoms with van der Waals surface area (Å²) in [5.41, 5.74) is 5.20. The van der Waals surface area contributed by atoms with Crippen LogP contribution in [0.25, 0.3) is 4.85 Å². The van der Waals surface area contributed by atoms with E-state index >= 15 is 0 Å². The zero-order valence-corrected chi connectivity index (χ0v) is 7.55. The van der Waals surface area contributed by atoms with E-state index in [2.05, 4.69) is 15.7 Å². The van der Waals surface area contributed by atoms with E-state index in [1.165, 1.54) is 6.92 Å². The number of nitrogens with one attached hydrogen (secondary N) is 2. The van der Waals surface area contributed by atoms with Crippen LogP contribution in [0.15, 0.2) is 0 Å². The third-order valence-corrected chi connectivity index (χ3v) is 1.52. The summed E-state index contributed by atoms with van der Waals surface area (Å²) in [6.45, 7) is 10.9. The summed E-state index contributed by atoms with van der Waals surface area (Å²) in [7, 11) is 0. The Morgan fingerprint density at radius 1 is 1.67 bits per heavy atom. The SMILES string of the molecule is [C-]#[N+]C(CC)CCNNC(C)=O. The van der Waals surface area contributed by atoms with Crippen molar-refractivity contribution >= 4 is 5.91 Å². The third-order valence-electron chi connectivity index (χ3n) is 1.52. The van der Waals surface area contributed by atoms with E-state index < -0.39 is 0 Å². The molecular weight excluding hydrogens is 154 g/mol. The molecule has 0 aliphatic carbocycles. The van der Waals surface area contributed by atoms with Gasteiger partial charge in [0.25, 0.3) is 0 Å². The molecule has 0 aliphatic heterocycles. The lowest BCUT2D eigenvalue weighted by Gasteiger charge is -2.04. The van der Waals surface area contributed by atoms with E-state index in [4.69, 9.17) is 6.57 Å². The molecule has 0 rings (SSSR count). The molecule has 0 fully saturated rings. The molecule has 4 heteroatoms. The molecular formula is C8H15N3O. The predicted octanol–water partition coefficient (Wildman–Crippen LogP) is 0.715. The van der Waals surface area contributed by atoms with Gasteiger partial charge in [0.2, 0.25) is 11.9 Å². The van der Waals surface area contributed by atoms with Gasteiger partial charge < -0.3 is 4.85 Å². The van der Waals surface area contributed by atoms with Gasteiger partial charge in [-0.25, -0.2) is 12.0 Å². The Balaban J connectivity index is 3.31. The summed E-state index contributed by atoms with van der Waals surface area (Å²) < 4.78 is 0. The van der Waals surface area contributed by atoms with Crippen LogP contribution in [0.2, 0.25) is 0 Å². The summed E-state index contributed by atoms with van der Waals surface area (Å²) in [6.07, 6.45) is 1.64. The maximum atomic E-state index is 10.4. The topological polar surface area (TPSA) is 45.5 Å². The van der Waals surface area contributed by atoms with Crippen LogP contribution >= 0.6 is 0 Å². The number of carbonyl (C=O) groups excluding carboxylic acids is 1. The highest BCUT2D eigenvalue weighted by atomic mass is 16.2. The lowest BCUT2D eigenvalue weighted by Crippen LogP contribution is -2.37. The van der Waals surface area contributed by atoms with E-state index in [-0.39, 0.29) is 11.9 Å². The van der Waals surface area contributed by atoms with Gasteiger partial charge in [-0.15, -0.1) is 0 Å². The fourth-order valence-corrected chi connectivity index (χ4v) is 0.786. The van der Waals surface area contributed by atoms with Gasteiger partial charge in [-0.05, 0) is 0 Å². The molecule has 2 N–H and O–H groups in total. The second kappa shape index (κ2) is 6.62. The van der Waals surface area contributed by atoms with Gasteiger partial charge in [-0.3, -0.25) is 10.2 Å². The van der Waals surface area contributed by atoms with Crippen LogP contribution in [0.3, 0.4) is 0 Å². The Labute approximate surface area is 73.1 Å². The third kappa shape index (κ3) is 5.69. The maximum Gasteiger partial charge on any atom is 0.230 e. The zero-order valence-electron chi connectivity index (χ0n) is 7.55. The molecule has 0 aromatic heterocycles. The first-order valence-corrected chi connectivity index (χ1v) is 4.06. The minimum absolute atomic E-state index is 0.0752. The lowest BCUT2D eigenvalue weighted by atomic mass is 10.2. The summed E-state index contributed by atoms with van der Waals surface area (Å²) >= 11 is 0. The summed E-state index contributed by atoms with van der Waals surface area (Å²) in [5, 5.41) is 0. The van der Waals surface area contributed by atoms with Gasteiger partial charge >= 0.3 is 0 Å². The molecule has 1 amide bonds. The summed E-state index contributed by atoms with van der Waals surface area (Å²) in [6, 6.07) is 0.0752. The van der Waals surface area contributed by atoms with Crippen molar-refractivity contribution in [3.8, 4) is 0 Å². The smallest absolute Gasteiger partial charge is 0.230 e. The Morgan fingerprint density at radius 3 is 2.75 bits per heavy atom. The molecule has 12 heavy (non-hydrogen) atoms. The monoisotopic (exact) mass is 169 g/mol. The van der Waals surface area contributed by atoms with Crippen LogP contribution < -0.4 is 10.9 Å². The molecule has 0 spiro atoms. The van der Waals surface area contributed by atoms with Crippen LogP contribution in [0.4, 0.5) is 0 Å². The molecule has 0 aromatic carbocycles. The normalized spacial score (nSPS) is 11.8. The van der Waals surface area contributed by atoms with Crippen molar-refractivity contribution < 1.29 is 4.79 Å². The van der Waals surface area contributed by atoms with Gasteiger partial charge in [0, 0.05) is 26.3 Å². The van der Waals surface area contributed by atoms with Gasteiger partial charge in [-0.2, -0.15) is 0 Å². The average molecular weight is 169 g/mol. The number of hydrogen-bond donors (Lipinski definition) is 2. The molecule has 0 saturated heterocycles. The van der Waals surface area contributed by atoms with E-state index in [0.717, 1.165) is 12.8 Å². The van der Waals surface area contributed by atoms with Crippen molar-refractivity contribution in [3.63, 3.8) is 0 Å². The lowest BCUT2D eigenvalue weighted by molar-refractivity contribution is -0.119. The number of rotatable bonds is 5. The van der Waals surface area contributed by atoms with Crippen LogP contribution in [-0.2, 0) is 4.79 Å². The van der Waals surface area contributed by atoms with Gasteiger partial charge in [-0.1, -0.05) is 6.92 Å². The van der Waals surface area contributed by atoms with Crippen molar-refractivity contribution in [3.05, 3.63) is 11.4 Å². The zero-order chi connectivity index (χ0) is 9.40.